The molecular formula is C21H20N4O2. The van der Waals surface area contributed by atoms with Crippen LogP contribution in [-0.2, 0) is 0 Å². The van der Waals surface area contributed by atoms with E-state index in [2.05, 4.69) is 10.0 Å². The second kappa shape index (κ2) is 8.25. The molecule has 0 aliphatic rings. The Balaban J connectivity index is 2.10. The average Bonchev–Trinajstić information content (AvgIpc) is 2.70. The zero-order valence-electron chi connectivity index (χ0n) is 14.9. The van der Waals surface area contributed by atoms with Crippen LogP contribution in [0, 0.1) is 0 Å². The van der Waals surface area contributed by atoms with Crippen molar-refractivity contribution in [2.24, 2.45) is 5.11 Å². The lowest BCUT2D eigenvalue weighted by Crippen LogP contribution is -2.31. The summed E-state index contributed by atoms with van der Waals surface area (Å²) >= 11 is 0. The molecule has 6 heteroatoms. The molecule has 0 aliphatic heterocycles. The quantitative estimate of drug-likeness (QED) is 0.353. The van der Waals surface area contributed by atoms with Gasteiger partial charge in [-0.1, -0.05) is 77.9 Å². The summed E-state index contributed by atoms with van der Waals surface area (Å²) in [5, 5.41) is 15.5. The first-order valence-corrected chi connectivity index (χ1v) is 8.62. The van der Waals surface area contributed by atoms with E-state index < -0.39 is 12.1 Å². The largest absolute Gasteiger partial charge is 0.465 e. The van der Waals surface area contributed by atoms with Gasteiger partial charge < -0.3 is 10.0 Å². The molecule has 0 aliphatic carbocycles. The molecule has 0 spiro atoms. The van der Waals surface area contributed by atoms with Gasteiger partial charge in [0.2, 0.25) is 0 Å². The van der Waals surface area contributed by atoms with Crippen LogP contribution in [0.2, 0.25) is 0 Å². The van der Waals surface area contributed by atoms with Gasteiger partial charge in [0, 0.05) is 24.4 Å². The smallest absolute Gasteiger partial charge is 0.407 e. The summed E-state index contributed by atoms with van der Waals surface area (Å²) in [4.78, 5) is 15.7. The maximum Gasteiger partial charge on any atom is 0.407 e. The molecule has 0 saturated heterocycles. The predicted molar refractivity (Wildman–Crippen MR) is 106 cm³/mol. The van der Waals surface area contributed by atoms with Gasteiger partial charge in [-0.3, -0.25) is 0 Å². The van der Waals surface area contributed by atoms with E-state index in [0.29, 0.717) is 0 Å². The van der Waals surface area contributed by atoms with Gasteiger partial charge >= 0.3 is 6.09 Å². The number of rotatable bonds is 6. The van der Waals surface area contributed by atoms with Crippen molar-refractivity contribution in [1.29, 1.82) is 0 Å². The molecule has 0 aromatic heterocycles. The second-order valence-corrected chi connectivity index (χ2v) is 6.44. The molecule has 0 saturated carbocycles. The van der Waals surface area contributed by atoms with Gasteiger partial charge in [-0.05, 0) is 27.4 Å². The Hall–Kier alpha value is -3.50. The third kappa shape index (κ3) is 4.19. The molecule has 0 fully saturated rings. The first-order chi connectivity index (χ1) is 13.1. The number of amides is 1. The molecule has 0 heterocycles. The Morgan fingerprint density at radius 3 is 2.37 bits per heavy atom. The fourth-order valence-electron chi connectivity index (χ4n) is 3.28. The third-order valence-corrected chi connectivity index (χ3v) is 4.70. The van der Waals surface area contributed by atoms with Gasteiger partial charge in [0.05, 0.1) is 6.04 Å². The minimum Gasteiger partial charge on any atom is -0.465 e. The normalized spacial score (nSPS) is 12.8. The van der Waals surface area contributed by atoms with Crippen LogP contribution in [0.5, 0.6) is 0 Å². The lowest BCUT2D eigenvalue weighted by atomic mass is 9.86. The van der Waals surface area contributed by atoms with E-state index in [4.69, 9.17) is 5.53 Å². The molecule has 1 N–H and O–H groups in total. The number of hydrogen-bond donors (Lipinski definition) is 1. The van der Waals surface area contributed by atoms with Gasteiger partial charge in [0.15, 0.2) is 0 Å². The molecule has 3 aromatic rings. The fraction of sp³-hybridized carbons (Fsp3) is 0.190. The molecule has 136 valence electrons. The Morgan fingerprint density at radius 1 is 1.04 bits per heavy atom. The van der Waals surface area contributed by atoms with Crippen molar-refractivity contribution in [2.75, 3.05) is 13.6 Å². The van der Waals surface area contributed by atoms with Crippen LogP contribution in [0.15, 0.2) is 77.9 Å². The first kappa shape index (κ1) is 18.3. The molecular weight excluding hydrogens is 340 g/mol. The molecule has 0 bridgehead atoms. The molecule has 0 radical (unpaired) electrons. The second-order valence-electron chi connectivity index (χ2n) is 6.44. The number of nitrogens with zero attached hydrogens (tertiary/aromatic N) is 4. The van der Waals surface area contributed by atoms with Crippen molar-refractivity contribution in [1.82, 2.24) is 4.90 Å². The van der Waals surface area contributed by atoms with Crippen LogP contribution in [0.4, 0.5) is 4.79 Å². The summed E-state index contributed by atoms with van der Waals surface area (Å²) in [6.45, 7) is 0.215. The van der Waals surface area contributed by atoms with Crippen LogP contribution in [0.3, 0.4) is 0 Å². The third-order valence-electron chi connectivity index (χ3n) is 4.70. The van der Waals surface area contributed by atoms with Gasteiger partial charge in [0.25, 0.3) is 0 Å². The number of carbonyl (C=O) groups is 1. The van der Waals surface area contributed by atoms with Crippen molar-refractivity contribution < 1.29 is 9.90 Å². The van der Waals surface area contributed by atoms with E-state index in [1.165, 1.54) is 11.9 Å². The molecule has 6 nitrogen and oxygen atoms in total. The summed E-state index contributed by atoms with van der Waals surface area (Å²) in [6.07, 6.45) is -1.02. The molecule has 27 heavy (non-hydrogen) atoms. The Labute approximate surface area is 157 Å². The number of carboxylic acid groups (broad SMARTS) is 1. The highest BCUT2D eigenvalue weighted by Crippen LogP contribution is 2.36. The van der Waals surface area contributed by atoms with Gasteiger partial charge in [-0.2, -0.15) is 0 Å². The zero-order chi connectivity index (χ0) is 19.2. The summed E-state index contributed by atoms with van der Waals surface area (Å²) in [5.74, 6) is -0.311. The maximum atomic E-state index is 11.4. The SMILES string of the molecule is CN(C[C@@H](c1ccc2ccccc2c1)[C@H](N=[N+]=[N-])c1ccccc1)C(=O)O. The lowest BCUT2D eigenvalue weighted by molar-refractivity contribution is 0.151. The lowest BCUT2D eigenvalue weighted by Gasteiger charge is -2.28. The van der Waals surface area contributed by atoms with E-state index in [0.717, 1.165) is 21.9 Å². The molecule has 2 atom stereocenters. The van der Waals surface area contributed by atoms with E-state index in [-0.39, 0.29) is 12.5 Å². The zero-order valence-corrected chi connectivity index (χ0v) is 14.9. The van der Waals surface area contributed by atoms with Crippen LogP contribution in [-0.4, -0.2) is 29.7 Å². The highest BCUT2D eigenvalue weighted by molar-refractivity contribution is 5.83. The molecule has 3 rings (SSSR count). The topological polar surface area (TPSA) is 89.3 Å². The van der Waals surface area contributed by atoms with Gasteiger partial charge in [0.1, 0.15) is 0 Å². The Kier molecular flexibility index (Phi) is 5.59. The Bertz CT molecular complexity index is 984. The minimum atomic E-state index is -1.02. The van der Waals surface area contributed by atoms with E-state index in [1.807, 2.05) is 72.8 Å². The number of likely N-dealkylation sites (N-methyl/N-ethyl adjacent to an activating group) is 1. The standard InChI is InChI=1S/C21H20N4O2/c1-25(21(26)27)14-19(20(23-24-22)16-8-3-2-4-9-16)18-12-11-15-7-5-6-10-17(15)13-18/h2-13,19-20H,14H2,1H3,(H,26,27)/t19-,20+/m0/s1. The van der Waals surface area contributed by atoms with Crippen LogP contribution in [0.1, 0.15) is 23.1 Å². The van der Waals surface area contributed by atoms with Crippen molar-refractivity contribution in [3.05, 3.63) is 94.4 Å². The number of azide groups is 1. The number of fused-ring (bicyclic) bond motifs is 1. The van der Waals surface area contributed by atoms with E-state index in [1.54, 1.807) is 0 Å². The minimum absolute atomic E-state index is 0.215. The molecule has 0 unspecified atom stereocenters. The van der Waals surface area contributed by atoms with Crippen LogP contribution in [0.25, 0.3) is 21.2 Å². The van der Waals surface area contributed by atoms with Crippen molar-refractivity contribution >= 4 is 16.9 Å². The van der Waals surface area contributed by atoms with Crippen molar-refractivity contribution in [3.63, 3.8) is 0 Å². The summed E-state index contributed by atoms with van der Waals surface area (Å²) in [7, 11) is 1.52. The molecule has 3 aromatic carbocycles. The summed E-state index contributed by atoms with van der Waals surface area (Å²) < 4.78 is 0. The maximum absolute atomic E-state index is 11.4. The van der Waals surface area contributed by atoms with Crippen molar-refractivity contribution in [3.8, 4) is 0 Å². The monoisotopic (exact) mass is 360 g/mol. The van der Waals surface area contributed by atoms with Crippen molar-refractivity contribution in [2.45, 2.75) is 12.0 Å². The fourth-order valence-corrected chi connectivity index (χ4v) is 3.28. The molecule has 1 amide bonds. The van der Waals surface area contributed by atoms with Crippen LogP contribution >= 0.6 is 0 Å². The Morgan fingerprint density at radius 2 is 1.70 bits per heavy atom. The highest BCUT2D eigenvalue weighted by Gasteiger charge is 2.27. The van der Waals surface area contributed by atoms with Gasteiger partial charge in [-0.25, -0.2) is 4.79 Å². The average molecular weight is 360 g/mol. The van der Waals surface area contributed by atoms with Gasteiger partial charge in [-0.15, -0.1) is 0 Å². The van der Waals surface area contributed by atoms with E-state index in [9.17, 15) is 9.90 Å². The number of hydrogen-bond acceptors (Lipinski definition) is 2. The predicted octanol–water partition coefficient (Wildman–Crippen LogP) is 5.58. The summed E-state index contributed by atoms with van der Waals surface area (Å²) in [5.41, 5.74) is 10.9. The van der Waals surface area contributed by atoms with E-state index >= 15 is 0 Å². The first-order valence-electron chi connectivity index (χ1n) is 8.62. The number of benzene rings is 3. The van der Waals surface area contributed by atoms with Crippen LogP contribution < -0.4 is 0 Å². The summed E-state index contributed by atoms with van der Waals surface area (Å²) in [6, 6.07) is 23.0. The highest BCUT2D eigenvalue weighted by atomic mass is 16.4.